The Morgan fingerprint density at radius 2 is 2.20 bits per heavy atom. The number of benzene rings is 2. The van der Waals surface area contributed by atoms with Crippen molar-refractivity contribution in [2.24, 2.45) is 0 Å². The van der Waals surface area contributed by atoms with Crippen LogP contribution in [-0.2, 0) is 16.6 Å². The standard InChI is InChI=1S/C19H16FN3OS/c1-2-15-12-8-7-11(9-17(12)23(22-15)25-20)14-10-19(14)13-5-3-4-6-16(13)21-18(19)24/h3-9,14H,2,10H2,1H3,(H,21,24)/t14-,19-/m0/s1. The van der Waals surface area contributed by atoms with Crippen molar-refractivity contribution in [1.29, 1.82) is 0 Å². The van der Waals surface area contributed by atoms with Crippen LogP contribution in [0.1, 0.15) is 36.1 Å². The number of aromatic nitrogens is 2. The van der Waals surface area contributed by atoms with Crippen LogP contribution in [0.25, 0.3) is 10.9 Å². The van der Waals surface area contributed by atoms with E-state index in [4.69, 9.17) is 0 Å². The van der Waals surface area contributed by atoms with Gasteiger partial charge in [0.05, 0.1) is 16.6 Å². The number of fused-ring (bicyclic) bond motifs is 3. The normalized spacial score (nSPS) is 23.9. The van der Waals surface area contributed by atoms with Crippen molar-refractivity contribution in [2.75, 3.05) is 5.32 Å². The average molecular weight is 353 g/mol. The van der Waals surface area contributed by atoms with Crippen LogP contribution < -0.4 is 5.32 Å². The fraction of sp³-hybridized carbons (Fsp3) is 0.263. The van der Waals surface area contributed by atoms with Crippen LogP contribution in [0.2, 0.25) is 0 Å². The number of amides is 1. The molecule has 1 spiro atoms. The van der Waals surface area contributed by atoms with Gasteiger partial charge in [0.1, 0.15) is 0 Å². The fourth-order valence-electron chi connectivity index (χ4n) is 4.25. The molecule has 0 unspecified atom stereocenters. The molecule has 3 aromatic rings. The maximum Gasteiger partial charge on any atom is 0.235 e. The van der Waals surface area contributed by atoms with Gasteiger partial charge in [0.2, 0.25) is 5.91 Å². The van der Waals surface area contributed by atoms with Gasteiger partial charge in [-0.15, -0.1) is 3.89 Å². The molecule has 1 N–H and O–H groups in total. The molecule has 1 aliphatic heterocycles. The van der Waals surface area contributed by atoms with Gasteiger partial charge >= 0.3 is 0 Å². The lowest BCUT2D eigenvalue weighted by Gasteiger charge is -2.09. The number of aryl methyl sites for hydroxylation is 1. The quantitative estimate of drug-likeness (QED) is 0.761. The maximum atomic E-state index is 13.3. The predicted octanol–water partition coefficient (Wildman–Crippen LogP) is 4.36. The van der Waals surface area contributed by atoms with E-state index in [0.717, 1.165) is 46.3 Å². The SMILES string of the molecule is CCc1nn(SF)c2cc([C@@H]3C[C@@]34C(=O)Nc3ccccc34)ccc12. The molecule has 1 aliphatic carbocycles. The van der Waals surface area contributed by atoms with E-state index in [1.807, 2.05) is 43.3 Å². The smallest absolute Gasteiger partial charge is 0.235 e. The summed E-state index contributed by atoms with van der Waals surface area (Å²) in [7, 11) is 0. The van der Waals surface area contributed by atoms with Crippen LogP contribution in [0, 0.1) is 0 Å². The Morgan fingerprint density at radius 3 is 3.00 bits per heavy atom. The summed E-state index contributed by atoms with van der Waals surface area (Å²) in [5, 5.41) is 8.29. The Hall–Kier alpha value is -2.34. The van der Waals surface area contributed by atoms with Gasteiger partial charge in [-0.3, -0.25) is 4.79 Å². The van der Waals surface area contributed by atoms with E-state index in [1.54, 1.807) is 0 Å². The third kappa shape index (κ3) is 1.88. The first-order valence-electron chi connectivity index (χ1n) is 8.40. The van der Waals surface area contributed by atoms with Crippen molar-refractivity contribution in [1.82, 2.24) is 9.19 Å². The molecule has 2 heterocycles. The Morgan fingerprint density at radius 1 is 1.36 bits per heavy atom. The first-order chi connectivity index (χ1) is 12.2. The van der Waals surface area contributed by atoms with Gasteiger partial charge in [-0.25, -0.2) is 0 Å². The lowest BCUT2D eigenvalue weighted by atomic mass is 9.92. The fourth-order valence-corrected chi connectivity index (χ4v) is 4.60. The number of para-hydroxylation sites is 1. The van der Waals surface area contributed by atoms with Gasteiger partial charge in [-0.05, 0) is 36.1 Å². The molecule has 25 heavy (non-hydrogen) atoms. The first-order valence-corrected chi connectivity index (χ1v) is 9.08. The first kappa shape index (κ1) is 15.0. The van der Waals surface area contributed by atoms with Crippen LogP contribution in [-0.4, -0.2) is 15.1 Å². The van der Waals surface area contributed by atoms with Gasteiger partial charge in [-0.2, -0.15) is 9.19 Å². The van der Waals surface area contributed by atoms with Crippen molar-refractivity contribution in [3.05, 3.63) is 59.3 Å². The number of hydrogen-bond acceptors (Lipinski definition) is 3. The highest BCUT2D eigenvalue weighted by Crippen LogP contribution is 2.65. The van der Waals surface area contributed by atoms with E-state index in [-0.39, 0.29) is 24.2 Å². The van der Waals surface area contributed by atoms with E-state index in [0.29, 0.717) is 0 Å². The highest BCUT2D eigenvalue weighted by molar-refractivity contribution is 7.92. The van der Waals surface area contributed by atoms with E-state index < -0.39 is 5.41 Å². The van der Waals surface area contributed by atoms with Crippen LogP contribution in [0.3, 0.4) is 0 Å². The topological polar surface area (TPSA) is 46.9 Å². The molecule has 1 saturated carbocycles. The third-order valence-corrected chi connectivity index (χ3v) is 5.98. The van der Waals surface area contributed by atoms with Gasteiger partial charge in [0, 0.05) is 17.0 Å². The second-order valence-electron chi connectivity index (χ2n) is 6.75. The van der Waals surface area contributed by atoms with Crippen LogP contribution in [0.15, 0.2) is 42.5 Å². The average Bonchev–Trinajstić information content (AvgIpc) is 3.20. The molecule has 6 heteroatoms. The van der Waals surface area contributed by atoms with E-state index in [9.17, 15) is 8.68 Å². The molecule has 1 fully saturated rings. The zero-order valence-corrected chi connectivity index (χ0v) is 14.4. The van der Waals surface area contributed by atoms with Crippen molar-refractivity contribution < 1.29 is 8.68 Å². The molecule has 1 aromatic heterocycles. The Kier molecular flexibility index (Phi) is 3.04. The summed E-state index contributed by atoms with van der Waals surface area (Å²) < 4.78 is 14.6. The Balaban J connectivity index is 1.61. The van der Waals surface area contributed by atoms with Crippen molar-refractivity contribution >= 4 is 34.8 Å². The monoisotopic (exact) mass is 353 g/mol. The van der Waals surface area contributed by atoms with Crippen LogP contribution in [0.5, 0.6) is 0 Å². The summed E-state index contributed by atoms with van der Waals surface area (Å²) in [5.41, 5.74) is 4.25. The number of hydrogen-bond donors (Lipinski definition) is 1. The van der Waals surface area contributed by atoms with Gasteiger partial charge in [0.15, 0.2) is 12.3 Å². The summed E-state index contributed by atoms with van der Waals surface area (Å²) in [4.78, 5) is 12.6. The summed E-state index contributed by atoms with van der Waals surface area (Å²) >= 11 is 0.114. The molecule has 126 valence electrons. The number of nitrogens with zero attached hydrogens (tertiary/aromatic N) is 2. The van der Waals surface area contributed by atoms with E-state index in [2.05, 4.69) is 16.5 Å². The van der Waals surface area contributed by atoms with Crippen LogP contribution in [0.4, 0.5) is 9.57 Å². The summed E-state index contributed by atoms with van der Waals surface area (Å²) in [6.07, 6.45) is 1.55. The molecular weight excluding hydrogens is 337 g/mol. The van der Waals surface area contributed by atoms with E-state index in [1.165, 1.54) is 4.09 Å². The number of halogens is 1. The summed E-state index contributed by atoms with van der Waals surface area (Å²) in [6.45, 7) is 2.01. The van der Waals surface area contributed by atoms with Gasteiger partial charge in [-0.1, -0.05) is 37.3 Å². The minimum Gasteiger partial charge on any atom is -0.325 e. The maximum absolute atomic E-state index is 13.3. The molecular formula is C19H16FN3OS. The van der Waals surface area contributed by atoms with Crippen molar-refractivity contribution in [3.8, 4) is 0 Å². The number of anilines is 1. The predicted molar refractivity (Wildman–Crippen MR) is 97.3 cm³/mol. The minimum atomic E-state index is -0.467. The number of nitrogens with one attached hydrogen (secondary N) is 1. The lowest BCUT2D eigenvalue weighted by molar-refractivity contribution is -0.118. The lowest BCUT2D eigenvalue weighted by Crippen LogP contribution is -2.20. The second kappa shape index (κ2) is 5.08. The molecule has 4 nitrogen and oxygen atoms in total. The van der Waals surface area contributed by atoms with Crippen molar-refractivity contribution in [3.63, 3.8) is 0 Å². The van der Waals surface area contributed by atoms with Gasteiger partial charge < -0.3 is 5.32 Å². The van der Waals surface area contributed by atoms with Crippen molar-refractivity contribution in [2.45, 2.75) is 31.1 Å². The number of carbonyl (C=O) groups excluding carboxylic acids is 1. The second-order valence-corrected chi connectivity index (χ2v) is 7.23. The summed E-state index contributed by atoms with van der Waals surface area (Å²) in [5.74, 6) is 0.194. The third-order valence-electron chi connectivity index (χ3n) is 5.57. The Labute approximate surface area is 148 Å². The number of rotatable bonds is 3. The zero-order valence-electron chi connectivity index (χ0n) is 13.6. The highest BCUT2D eigenvalue weighted by atomic mass is 32.2. The molecule has 5 rings (SSSR count). The van der Waals surface area contributed by atoms with E-state index >= 15 is 0 Å². The minimum absolute atomic E-state index is 0.0708. The Bertz CT molecular complexity index is 1030. The number of carbonyl (C=O) groups is 1. The summed E-state index contributed by atoms with van der Waals surface area (Å²) in [6, 6.07) is 13.9. The largest absolute Gasteiger partial charge is 0.325 e. The van der Waals surface area contributed by atoms with Gasteiger partial charge in [0.25, 0.3) is 0 Å². The molecule has 2 aliphatic rings. The molecule has 0 saturated heterocycles. The molecule has 1 amide bonds. The zero-order chi connectivity index (χ0) is 17.2. The molecule has 2 atom stereocenters. The van der Waals surface area contributed by atoms with Crippen LogP contribution >= 0.6 is 12.3 Å². The highest BCUT2D eigenvalue weighted by Gasteiger charge is 2.65. The molecule has 0 bridgehead atoms. The molecule has 2 aromatic carbocycles. The molecule has 0 radical (unpaired) electrons.